The van der Waals surface area contributed by atoms with Gasteiger partial charge in [0.25, 0.3) is 0 Å². The van der Waals surface area contributed by atoms with E-state index in [4.69, 9.17) is 0 Å². The number of fused-ring (bicyclic) bond motifs is 1. The zero-order chi connectivity index (χ0) is 36.1. The van der Waals surface area contributed by atoms with Gasteiger partial charge < -0.3 is 14.7 Å². The van der Waals surface area contributed by atoms with E-state index in [9.17, 15) is 0 Å². The van der Waals surface area contributed by atoms with E-state index in [2.05, 4.69) is 108 Å². The van der Waals surface area contributed by atoms with Crippen LogP contribution in [-0.4, -0.2) is 90.7 Å². The number of hydrogen-bond donors (Lipinski definition) is 0. The number of benzene rings is 2. The molecule has 0 atom stereocenters. The molecule has 3 fully saturated rings. The van der Waals surface area contributed by atoms with E-state index in [1.165, 1.54) is 105 Å². The first-order chi connectivity index (χ1) is 23.4. The molecule has 2 aromatic carbocycles. The summed E-state index contributed by atoms with van der Waals surface area (Å²) in [6.45, 7) is 38.1. The van der Waals surface area contributed by atoms with Crippen LogP contribution in [0.1, 0.15) is 110 Å². The van der Waals surface area contributed by atoms with Crippen molar-refractivity contribution in [1.82, 2.24) is 19.7 Å². The minimum Gasteiger partial charge on any atom is -0.371 e. The Hall–Kier alpha value is -2.47. The van der Waals surface area contributed by atoms with E-state index in [0.29, 0.717) is 0 Å². The lowest BCUT2D eigenvalue weighted by atomic mass is 9.95. The van der Waals surface area contributed by atoms with E-state index in [-0.39, 0.29) is 0 Å². The molecule has 272 valence electrons. The van der Waals surface area contributed by atoms with E-state index in [1.54, 1.807) is 0 Å². The first kappa shape index (κ1) is 43.6. The Balaban J connectivity index is 0.000000609. The summed E-state index contributed by atoms with van der Waals surface area (Å²) in [5.41, 5.74) is 7.83. The molecule has 0 bridgehead atoms. The molecular weight excluding hydrogens is 587 g/mol. The highest BCUT2D eigenvalue weighted by atomic mass is 15.3. The third-order valence-corrected chi connectivity index (χ3v) is 9.56. The molecule has 0 spiro atoms. The van der Waals surface area contributed by atoms with Crippen LogP contribution in [0.5, 0.6) is 0 Å². The van der Waals surface area contributed by atoms with Crippen LogP contribution >= 0.6 is 0 Å². The van der Waals surface area contributed by atoms with Gasteiger partial charge in [0.05, 0.1) is 11.2 Å². The average molecular weight is 662 g/mol. The number of piperidine rings is 2. The number of nitrogens with zero attached hydrogens (tertiary/aromatic N) is 5. The molecule has 0 amide bonds. The summed E-state index contributed by atoms with van der Waals surface area (Å²) in [4.78, 5) is 15.5. The van der Waals surface area contributed by atoms with Crippen molar-refractivity contribution in [2.45, 2.75) is 128 Å². The summed E-state index contributed by atoms with van der Waals surface area (Å²) >= 11 is 0. The molecule has 5 nitrogen and oxygen atoms in total. The number of anilines is 1. The molecule has 0 saturated carbocycles. The van der Waals surface area contributed by atoms with Gasteiger partial charge in [-0.05, 0) is 90.7 Å². The first-order valence-corrected chi connectivity index (χ1v) is 19.8. The smallest absolute Gasteiger partial charge is 0.0723 e. The largest absolute Gasteiger partial charge is 0.371 e. The van der Waals surface area contributed by atoms with Crippen LogP contribution in [0, 0.1) is 27.7 Å². The monoisotopic (exact) mass is 662 g/mol. The van der Waals surface area contributed by atoms with Gasteiger partial charge >= 0.3 is 0 Å². The molecule has 0 N–H and O–H groups in total. The molecular formula is C43H75N5. The fourth-order valence-corrected chi connectivity index (χ4v) is 6.96. The van der Waals surface area contributed by atoms with Gasteiger partial charge in [-0.25, -0.2) is 0 Å². The highest BCUT2D eigenvalue weighted by Gasteiger charge is 2.32. The van der Waals surface area contributed by atoms with Crippen molar-refractivity contribution in [1.29, 1.82) is 0 Å². The van der Waals surface area contributed by atoms with Crippen molar-refractivity contribution in [2.75, 3.05) is 63.8 Å². The standard InChI is InChI=1S/C27H41N5.C8H10.4C2H6/c1-4-29-15-17-31(18-16-29)24-7-11-30(12-8-24)23-9-13-32(14-10-23)27-22(3)20-28-26-6-5-21(2)19-25(26)27;1-7-3-5-8(2)6-4-7;4*1-2/h5-6,19-20,23-24H,4,7-18H2,1-3H3;3-6H,1-2H3;4*1-2H3. The van der Waals surface area contributed by atoms with Crippen LogP contribution in [-0.2, 0) is 0 Å². The Morgan fingerprint density at radius 2 is 1.00 bits per heavy atom. The molecule has 0 aliphatic carbocycles. The summed E-state index contributed by atoms with van der Waals surface area (Å²) in [7, 11) is 0. The summed E-state index contributed by atoms with van der Waals surface area (Å²) in [5.74, 6) is 0. The van der Waals surface area contributed by atoms with Gasteiger partial charge in [-0.15, -0.1) is 0 Å². The number of piperazine rings is 1. The van der Waals surface area contributed by atoms with Gasteiger partial charge in [0.1, 0.15) is 0 Å². The predicted molar refractivity (Wildman–Crippen MR) is 216 cm³/mol. The number of aromatic nitrogens is 1. The molecule has 6 rings (SSSR count). The third-order valence-electron chi connectivity index (χ3n) is 9.56. The van der Waals surface area contributed by atoms with Gasteiger partial charge in [-0.3, -0.25) is 9.88 Å². The molecule has 5 heteroatoms. The number of rotatable bonds is 4. The third kappa shape index (κ3) is 13.1. The molecule has 48 heavy (non-hydrogen) atoms. The number of likely N-dealkylation sites (tertiary alicyclic amines) is 1. The van der Waals surface area contributed by atoms with Crippen molar-refractivity contribution in [3.8, 4) is 0 Å². The predicted octanol–water partition coefficient (Wildman–Crippen LogP) is 10.3. The van der Waals surface area contributed by atoms with Crippen LogP contribution in [0.4, 0.5) is 5.69 Å². The van der Waals surface area contributed by atoms with Gasteiger partial charge in [0.2, 0.25) is 0 Å². The maximum absolute atomic E-state index is 4.68. The van der Waals surface area contributed by atoms with Crippen molar-refractivity contribution in [2.24, 2.45) is 0 Å². The minimum atomic E-state index is 0.763. The Bertz CT molecular complexity index is 1190. The number of aryl methyl sites for hydroxylation is 4. The second kappa shape index (κ2) is 24.6. The zero-order valence-electron chi connectivity index (χ0n) is 33.7. The second-order valence-corrected chi connectivity index (χ2v) is 12.4. The SMILES string of the molecule is CC.CC.CC.CC.CCN1CCN(C2CCN(C3CCN(c4c(C)cnc5ccc(C)cc45)CC3)CC2)CC1.Cc1ccc(C)cc1. The van der Waals surface area contributed by atoms with Gasteiger partial charge in [0, 0.05) is 62.9 Å². The van der Waals surface area contributed by atoms with Gasteiger partial charge in [0.15, 0.2) is 0 Å². The lowest BCUT2D eigenvalue weighted by molar-refractivity contribution is 0.0450. The normalized spacial score (nSPS) is 17.6. The van der Waals surface area contributed by atoms with Crippen LogP contribution in [0.3, 0.4) is 0 Å². The van der Waals surface area contributed by atoms with Gasteiger partial charge in [-0.1, -0.05) is 109 Å². The summed E-state index contributed by atoms with van der Waals surface area (Å²) < 4.78 is 0. The maximum Gasteiger partial charge on any atom is 0.0723 e. The van der Waals surface area contributed by atoms with E-state index in [0.717, 1.165) is 30.7 Å². The van der Waals surface area contributed by atoms with Crippen molar-refractivity contribution in [3.05, 3.63) is 70.9 Å². The Labute approximate surface area is 298 Å². The number of hydrogen-bond acceptors (Lipinski definition) is 5. The molecule has 3 aliphatic rings. The Kier molecular flexibility index (Phi) is 22.3. The van der Waals surface area contributed by atoms with Crippen LogP contribution in [0.15, 0.2) is 48.7 Å². The van der Waals surface area contributed by atoms with E-state index < -0.39 is 0 Å². The van der Waals surface area contributed by atoms with E-state index in [1.807, 2.05) is 55.4 Å². The molecule has 4 heterocycles. The summed E-state index contributed by atoms with van der Waals surface area (Å²) in [6.07, 6.45) is 7.35. The summed E-state index contributed by atoms with van der Waals surface area (Å²) in [6, 6.07) is 16.7. The highest BCUT2D eigenvalue weighted by Crippen LogP contribution is 2.33. The van der Waals surface area contributed by atoms with Crippen LogP contribution in [0.25, 0.3) is 10.9 Å². The maximum atomic E-state index is 4.68. The molecule has 3 saturated heterocycles. The highest BCUT2D eigenvalue weighted by molar-refractivity contribution is 5.93. The van der Waals surface area contributed by atoms with Crippen LogP contribution in [0.2, 0.25) is 0 Å². The zero-order valence-corrected chi connectivity index (χ0v) is 33.7. The lowest BCUT2D eigenvalue weighted by Crippen LogP contribution is -2.55. The van der Waals surface area contributed by atoms with E-state index >= 15 is 0 Å². The number of likely N-dealkylation sites (N-methyl/N-ethyl adjacent to an activating group) is 1. The van der Waals surface area contributed by atoms with Crippen molar-refractivity contribution < 1.29 is 0 Å². The lowest BCUT2D eigenvalue weighted by Gasteiger charge is -2.46. The molecule has 1 aromatic heterocycles. The summed E-state index contributed by atoms with van der Waals surface area (Å²) in [5, 5.41) is 1.33. The first-order valence-electron chi connectivity index (χ1n) is 19.8. The average Bonchev–Trinajstić information content (AvgIpc) is 3.16. The Morgan fingerprint density at radius 3 is 1.48 bits per heavy atom. The molecule has 3 aromatic rings. The van der Waals surface area contributed by atoms with Crippen LogP contribution < -0.4 is 4.90 Å². The quantitative estimate of drug-likeness (QED) is 0.277. The van der Waals surface area contributed by atoms with Crippen molar-refractivity contribution >= 4 is 16.6 Å². The number of pyridine rings is 1. The minimum absolute atomic E-state index is 0.763. The second-order valence-electron chi connectivity index (χ2n) is 12.4. The fourth-order valence-electron chi connectivity index (χ4n) is 6.96. The Morgan fingerprint density at radius 1 is 0.562 bits per heavy atom. The van der Waals surface area contributed by atoms with Crippen molar-refractivity contribution in [3.63, 3.8) is 0 Å². The molecule has 3 aliphatic heterocycles. The van der Waals surface area contributed by atoms with Gasteiger partial charge in [-0.2, -0.15) is 0 Å². The molecule has 0 radical (unpaired) electrons. The molecule has 0 unspecified atom stereocenters. The topological polar surface area (TPSA) is 25.9 Å². The fraction of sp³-hybridized carbons (Fsp3) is 0.651.